The Kier molecular flexibility index (Phi) is 2.59. The molecule has 0 atom stereocenters. The molecule has 1 aromatic rings. The lowest BCUT2D eigenvalue weighted by molar-refractivity contribution is 0.494. The fraction of sp³-hybridized carbons (Fsp3) is 0.714. The Morgan fingerprint density at radius 3 is 2.91 bits per heavy atom. The van der Waals surface area contributed by atoms with Gasteiger partial charge in [-0.3, -0.25) is 0 Å². The maximum Gasteiger partial charge on any atom is 0.0725 e. The van der Waals surface area contributed by atoms with Gasteiger partial charge in [0.25, 0.3) is 0 Å². The summed E-state index contributed by atoms with van der Waals surface area (Å²) in [7, 11) is 0. The second-order valence-electron chi connectivity index (χ2n) is 2.80. The van der Waals surface area contributed by atoms with Crippen LogP contribution < -0.4 is 5.73 Å². The molecule has 0 saturated carbocycles. The third-order valence-electron chi connectivity index (χ3n) is 1.54. The summed E-state index contributed by atoms with van der Waals surface area (Å²) in [5.41, 5.74) is 6.53. The first-order valence-electron chi connectivity index (χ1n) is 3.85. The average Bonchev–Trinajstić information content (AvgIpc) is 2.36. The molecular formula is C7H14N4. The van der Waals surface area contributed by atoms with Gasteiger partial charge in [-0.15, -0.1) is 5.10 Å². The monoisotopic (exact) mass is 154 g/mol. The summed E-state index contributed by atoms with van der Waals surface area (Å²) in [6.45, 7) is 4.81. The highest BCUT2D eigenvalue weighted by molar-refractivity contribution is 4.95. The SMILES string of the molecule is CC(C)n1nncc1CCN. The summed E-state index contributed by atoms with van der Waals surface area (Å²) in [5, 5.41) is 7.76. The van der Waals surface area contributed by atoms with Crippen LogP contribution in [0, 0.1) is 0 Å². The molecule has 0 saturated heterocycles. The number of nitrogens with zero attached hydrogens (tertiary/aromatic N) is 3. The van der Waals surface area contributed by atoms with E-state index in [-0.39, 0.29) is 0 Å². The quantitative estimate of drug-likeness (QED) is 0.684. The first kappa shape index (κ1) is 8.20. The zero-order valence-electron chi connectivity index (χ0n) is 6.99. The van der Waals surface area contributed by atoms with Crippen LogP contribution in [0.2, 0.25) is 0 Å². The molecule has 1 rings (SSSR count). The first-order chi connectivity index (χ1) is 5.25. The zero-order chi connectivity index (χ0) is 8.27. The Bertz CT molecular complexity index is 216. The van der Waals surface area contributed by atoms with Crippen LogP contribution in [0.3, 0.4) is 0 Å². The van der Waals surface area contributed by atoms with Crippen LogP contribution in [-0.2, 0) is 6.42 Å². The molecule has 0 aliphatic carbocycles. The van der Waals surface area contributed by atoms with Gasteiger partial charge in [-0.2, -0.15) is 0 Å². The van der Waals surface area contributed by atoms with Crippen LogP contribution in [0.4, 0.5) is 0 Å². The van der Waals surface area contributed by atoms with E-state index in [9.17, 15) is 0 Å². The number of nitrogens with two attached hydrogens (primary N) is 1. The van der Waals surface area contributed by atoms with Gasteiger partial charge in [-0.05, 0) is 20.4 Å². The Balaban J connectivity index is 2.78. The second kappa shape index (κ2) is 3.48. The van der Waals surface area contributed by atoms with Crippen molar-refractivity contribution in [2.45, 2.75) is 26.3 Å². The standard InChI is InChI=1S/C7H14N4/c1-6(2)11-7(3-4-8)5-9-10-11/h5-6H,3-4,8H2,1-2H3. The molecule has 4 nitrogen and oxygen atoms in total. The summed E-state index contributed by atoms with van der Waals surface area (Å²) in [6, 6.07) is 0.374. The lowest BCUT2D eigenvalue weighted by atomic mass is 10.3. The van der Waals surface area contributed by atoms with Crippen LogP contribution in [0.25, 0.3) is 0 Å². The van der Waals surface area contributed by atoms with Crippen molar-refractivity contribution in [1.82, 2.24) is 15.0 Å². The zero-order valence-corrected chi connectivity index (χ0v) is 6.99. The van der Waals surface area contributed by atoms with E-state index in [2.05, 4.69) is 24.2 Å². The van der Waals surface area contributed by atoms with Crippen molar-refractivity contribution in [3.63, 3.8) is 0 Å². The lowest BCUT2D eigenvalue weighted by Gasteiger charge is -2.07. The summed E-state index contributed by atoms with van der Waals surface area (Å²) >= 11 is 0. The Morgan fingerprint density at radius 2 is 2.36 bits per heavy atom. The molecule has 2 N–H and O–H groups in total. The maximum absolute atomic E-state index is 5.42. The van der Waals surface area contributed by atoms with Gasteiger partial charge in [0.15, 0.2) is 0 Å². The highest BCUT2D eigenvalue weighted by atomic mass is 15.4. The first-order valence-corrected chi connectivity index (χ1v) is 3.85. The normalized spacial score (nSPS) is 10.9. The van der Waals surface area contributed by atoms with Crippen molar-refractivity contribution in [1.29, 1.82) is 0 Å². The molecule has 0 aliphatic rings. The molecular weight excluding hydrogens is 140 g/mol. The van der Waals surface area contributed by atoms with Crippen molar-refractivity contribution in [3.05, 3.63) is 11.9 Å². The highest BCUT2D eigenvalue weighted by Gasteiger charge is 2.04. The van der Waals surface area contributed by atoms with E-state index in [1.54, 1.807) is 6.20 Å². The largest absolute Gasteiger partial charge is 0.330 e. The van der Waals surface area contributed by atoms with E-state index in [1.165, 1.54) is 0 Å². The van der Waals surface area contributed by atoms with Crippen molar-refractivity contribution in [2.75, 3.05) is 6.54 Å². The minimum absolute atomic E-state index is 0.374. The predicted molar refractivity (Wildman–Crippen MR) is 43.2 cm³/mol. The molecule has 0 aliphatic heterocycles. The maximum atomic E-state index is 5.42. The average molecular weight is 154 g/mol. The van der Waals surface area contributed by atoms with Crippen LogP contribution in [0.5, 0.6) is 0 Å². The number of hydrogen-bond acceptors (Lipinski definition) is 3. The highest BCUT2D eigenvalue weighted by Crippen LogP contribution is 2.05. The fourth-order valence-corrected chi connectivity index (χ4v) is 1.03. The minimum Gasteiger partial charge on any atom is -0.330 e. The van der Waals surface area contributed by atoms with E-state index in [4.69, 9.17) is 5.73 Å². The third kappa shape index (κ3) is 1.77. The molecule has 0 unspecified atom stereocenters. The molecule has 0 bridgehead atoms. The fourth-order valence-electron chi connectivity index (χ4n) is 1.03. The Labute approximate surface area is 66.4 Å². The summed E-state index contributed by atoms with van der Waals surface area (Å²) in [6.07, 6.45) is 2.62. The molecule has 11 heavy (non-hydrogen) atoms. The van der Waals surface area contributed by atoms with Crippen LogP contribution in [0.15, 0.2) is 6.20 Å². The van der Waals surface area contributed by atoms with Gasteiger partial charge in [0.05, 0.1) is 11.9 Å². The molecule has 0 aromatic carbocycles. The van der Waals surface area contributed by atoms with Crippen LogP contribution in [0.1, 0.15) is 25.6 Å². The summed E-state index contributed by atoms with van der Waals surface area (Å²) < 4.78 is 1.90. The van der Waals surface area contributed by atoms with Gasteiger partial charge in [0.1, 0.15) is 0 Å². The summed E-state index contributed by atoms with van der Waals surface area (Å²) in [5.74, 6) is 0. The molecule has 4 heteroatoms. The molecule has 0 spiro atoms. The Hall–Kier alpha value is -0.900. The van der Waals surface area contributed by atoms with Crippen LogP contribution in [-0.4, -0.2) is 21.5 Å². The molecule has 0 fully saturated rings. The molecule has 1 aromatic heterocycles. The van der Waals surface area contributed by atoms with Crippen molar-refractivity contribution >= 4 is 0 Å². The van der Waals surface area contributed by atoms with Gasteiger partial charge in [-0.25, -0.2) is 4.68 Å². The van der Waals surface area contributed by atoms with Crippen molar-refractivity contribution in [2.24, 2.45) is 5.73 Å². The topological polar surface area (TPSA) is 56.7 Å². The Morgan fingerprint density at radius 1 is 1.64 bits per heavy atom. The van der Waals surface area contributed by atoms with Gasteiger partial charge in [0.2, 0.25) is 0 Å². The van der Waals surface area contributed by atoms with E-state index < -0.39 is 0 Å². The number of aromatic nitrogens is 3. The van der Waals surface area contributed by atoms with Gasteiger partial charge in [0, 0.05) is 12.5 Å². The molecule has 62 valence electrons. The van der Waals surface area contributed by atoms with Gasteiger partial charge >= 0.3 is 0 Å². The second-order valence-corrected chi connectivity index (χ2v) is 2.80. The smallest absolute Gasteiger partial charge is 0.0725 e. The van der Waals surface area contributed by atoms with E-state index in [0.717, 1.165) is 12.1 Å². The minimum atomic E-state index is 0.374. The van der Waals surface area contributed by atoms with E-state index >= 15 is 0 Å². The molecule has 1 heterocycles. The van der Waals surface area contributed by atoms with Crippen molar-refractivity contribution in [3.8, 4) is 0 Å². The van der Waals surface area contributed by atoms with Crippen LogP contribution >= 0.6 is 0 Å². The van der Waals surface area contributed by atoms with E-state index in [1.807, 2.05) is 4.68 Å². The van der Waals surface area contributed by atoms with E-state index in [0.29, 0.717) is 12.6 Å². The lowest BCUT2D eigenvalue weighted by Crippen LogP contribution is -2.11. The molecule has 0 radical (unpaired) electrons. The number of hydrogen-bond donors (Lipinski definition) is 1. The van der Waals surface area contributed by atoms with Crippen molar-refractivity contribution < 1.29 is 0 Å². The van der Waals surface area contributed by atoms with Gasteiger partial charge < -0.3 is 5.73 Å². The third-order valence-corrected chi connectivity index (χ3v) is 1.54. The van der Waals surface area contributed by atoms with Gasteiger partial charge in [-0.1, -0.05) is 5.21 Å². The number of rotatable bonds is 3. The predicted octanol–water partition coefficient (Wildman–Crippen LogP) is 0.360. The summed E-state index contributed by atoms with van der Waals surface area (Å²) in [4.78, 5) is 0. The molecule has 0 amide bonds.